The van der Waals surface area contributed by atoms with Gasteiger partial charge in [0.25, 0.3) is 0 Å². The predicted octanol–water partition coefficient (Wildman–Crippen LogP) is 3.09. The van der Waals surface area contributed by atoms with E-state index in [1.807, 2.05) is 6.92 Å². The summed E-state index contributed by atoms with van der Waals surface area (Å²) in [5, 5.41) is 0. The second-order valence-corrected chi connectivity index (χ2v) is 4.16. The Balaban J connectivity index is 3.39. The fourth-order valence-corrected chi connectivity index (χ4v) is 1.51. The molecule has 0 aromatic carbocycles. The van der Waals surface area contributed by atoms with Gasteiger partial charge in [0.1, 0.15) is 0 Å². The van der Waals surface area contributed by atoms with Crippen molar-refractivity contribution in [2.45, 2.75) is 40.0 Å². The van der Waals surface area contributed by atoms with E-state index in [1.165, 1.54) is 31.5 Å². The van der Waals surface area contributed by atoms with Crippen LogP contribution in [-0.4, -0.2) is 37.7 Å². The maximum atomic E-state index is 5.57. The molecule has 0 aliphatic rings. The van der Waals surface area contributed by atoms with E-state index in [-0.39, 0.29) is 0 Å². The van der Waals surface area contributed by atoms with Gasteiger partial charge in [-0.05, 0) is 39.3 Å². The highest BCUT2D eigenvalue weighted by Crippen LogP contribution is 1.97. The molecule has 0 aromatic heterocycles. The van der Waals surface area contributed by atoms with Gasteiger partial charge in [-0.2, -0.15) is 0 Å². The van der Waals surface area contributed by atoms with Gasteiger partial charge in [0.05, 0.1) is 13.2 Å². The summed E-state index contributed by atoms with van der Waals surface area (Å²) >= 11 is 0. The minimum absolute atomic E-state index is 0.821. The van der Waals surface area contributed by atoms with Crippen LogP contribution in [0, 0.1) is 0 Å². The highest BCUT2D eigenvalue weighted by atomic mass is 16.5. The van der Waals surface area contributed by atoms with Gasteiger partial charge in [0, 0.05) is 6.54 Å². The van der Waals surface area contributed by atoms with Crippen LogP contribution < -0.4 is 0 Å². The molecule has 2 nitrogen and oxygen atoms in total. The zero-order chi connectivity index (χ0) is 11.5. The van der Waals surface area contributed by atoms with Gasteiger partial charge in [0.15, 0.2) is 0 Å². The van der Waals surface area contributed by atoms with Crippen LogP contribution >= 0.6 is 0 Å². The molecule has 0 amide bonds. The van der Waals surface area contributed by atoms with E-state index in [9.17, 15) is 0 Å². The highest BCUT2D eigenvalue weighted by molar-refractivity contribution is 4.87. The molecule has 0 bridgehead atoms. The predicted molar refractivity (Wildman–Crippen MR) is 67.3 cm³/mol. The Bertz CT molecular complexity index is 151. The van der Waals surface area contributed by atoms with Gasteiger partial charge in [0.2, 0.25) is 0 Å². The number of rotatable bonds is 10. The van der Waals surface area contributed by atoms with Crippen molar-refractivity contribution in [1.29, 1.82) is 0 Å². The minimum atomic E-state index is 0.821. The summed E-state index contributed by atoms with van der Waals surface area (Å²) in [6.07, 6.45) is 3.44. The monoisotopic (exact) mass is 213 g/mol. The summed E-state index contributed by atoms with van der Waals surface area (Å²) in [7, 11) is 0. The summed E-state index contributed by atoms with van der Waals surface area (Å²) in [6.45, 7) is 15.5. The normalized spacial score (nSPS) is 10.9. The van der Waals surface area contributed by atoms with E-state index in [0.717, 1.165) is 26.2 Å². The summed E-state index contributed by atoms with van der Waals surface area (Å²) in [4.78, 5) is 2.47. The molecule has 0 aliphatic heterocycles. The van der Waals surface area contributed by atoms with Crippen LogP contribution in [0.2, 0.25) is 0 Å². The quantitative estimate of drug-likeness (QED) is 0.408. The van der Waals surface area contributed by atoms with Gasteiger partial charge in [-0.3, -0.25) is 0 Å². The van der Waals surface area contributed by atoms with Crippen molar-refractivity contribution in [3.8, 4) is 0 Å². The van der Waals surface area contributed by atoms with Crippen LogP contribution in [-0.2, 0) is 4.74 Å². The first-order chi connectivity index (χ1) is 7.20. The van der Waals surface area contributed by atoms with E-state index in [4.69, 9.17) is 4.74 Å². The molecule has 0 saturated carbocycles. The lowest BCUT2D eigenvalue weighted by molar-refractivity contribution is 0.106. The molecule has 0 N–H and O–H groups in total. The average molecular weight is 213 g/mol. The zero-order valence-corrected chi connectivity index (χ0v) is 10.7. The molecule has 15 heavy (non-hydrogen) atoms. The topological polar surface area (TPSA) is 12.5 Å². The second-order valence-electron chi connectivity index (χ2n) is 4.16. The summed E-state index contributed by atoms with van der Waals surface area (Å²) in [5.41, 5.74) is 1.20. The molecular weight excluding hydrogens is 186 g/mol. The molecule has 0 aromatic rings. The molecule has 0 radical (unpaired) electrons. The van der Waals surface area contributed by atoms with Crippen LogP contribution in [0.1, 0.15) is 40.0 Å². The Morgan fingerprint density at radius 2 is 1.67 bits per heavy atom. The number of hydrogen-bond acceptors (Lipinski definition) is 2. The average Bonchev–Trinajstić information content (AvgIpc) is 2.17. The van der Waals surface area contributed by atoms with Crippen molar-refractivity contribution in [2.75, 3.05) is 32.8 Å². The van der Waals surface area contributed by atoms with Crippen molar-refractivity contribution in [1.82, 2.24) is 4.90 Å². The van der Waals surface area contributed by atoms with Crippen LogP contribution in [0.15, 0.2) is 12.2 Å². The molecule has 0 heterocycles. The molecule has 0 spiro atoms. The fourth-order valence-electron chi connectivity index (χ4n) is 1.51. The molecule has 0 rings (SSSR count). The summed E-state index contributed by atoms with van der Waals surface area (Å²) < 4.78 is 5.57. The first kappa shape index (κ1) is 14.7. The van der Waals surface area contributed by atoms with E-state index in [1.54, 1.807) is 0 Å². The lowest BCUT2D eigenvalue weighted by Crippen LogP contribution is -2.29. The molecule has 2 heteroatoms. The Hall–Kier alpha value is -0.340. The first-order valence-electron chi connectivity index (χ1n) is 6.15. The summed E-state index contributed by atoms with van der Waals surface area (Å²) in [6, 6.07) is 0. The van der Waals surface area contributed by atoms with Gasteiger partial charge in [-0.1, -0.05) is 19.4 Å². The lowest BCUT2D eigenvalue weighted by atomic mass is 10.3. The van der Waals surface area contributed by atoms with Gasteiger partial charge >= 0.3 is 0 Å². The molecule has 0 atom stereocenters. The SMILES string of the molecule is C=C(C)CCOCCN(CCC)CCC. The third-order valence-electron chi connectivity index (χ3n) is 2.30. The van der Waals surface area contributed by atoms with Crippen molar-refractivity contribution in [3.05, 3.63) is 12.2 Å². The summed E-state index contributed by atoms with van der Waals surface area (Å²) in [5.74, 6) is 0. The fraction of sp³-hybridized carbons (Fsp3) is 0.846. The van der Waals surface area contributed by atoms with E-state index in [0.29, 0.717) is 0 Å². The second kappa shape index (κ2) is 10.2. The highest BCUT2D eigenvalue weighted by Gasteiger charge is 2.01. The minimum Gasteiger partial charge on any atom is -0.380 e. The standard InChI is InChI=1S/C13H27NO/c1-5-8-14(9-6-2)10-12-15-11-7-13(3)4/h3,5-12H2,1-2,4H3. The Kier molecular flexibility index (Phi) is 9.96. The maximum Gasteiger partial charge on any atom is 0.0593 e. The molecular formula is C13H27NO. The third-order valence-corrected chi connectivity index (χ3v) is 2.30. The molecule has 0 unspecified atom stereocenters. The van der Waals surface area contributed by atoms with Crippen molar-refractivity contribution >= 4 is 0 Å². The molecule has 90 valence electrons. The van der Waals surface area contributed by atoms with E-state index in [2.05, 4.69) is 25.3 Å². The van der Waals surface area contributed by atoms with Crippen LogP contribution in [0.25, 0.3) is 0 Å². The van der Waals surface area contributed by atoms with Crippen LogP contribution in [0.5, 0.6) is 0 Å². The third kappa shape index (κ3) is 9.95. The Morgan fingerprint density at radius 1 is 1.07 bits per heavy atom. The maximum absolute atomic E-state index is 5.57. The van der Waals surface area contributed by atoms with Crippen molar-refractivity contribution in [2.24, 2.45) is 0 Å². The number of hydrogen-bond donors (Lipinski definition) is 0. The van der Waals surface area contributed by atoms with E-state index >= 15 is 0 Å². The van der Waals surface area contributed by atoms with Gasteiger partial charge in [-0.25, -0.2) is 0 Å². The van der Waals surface area contributed by atoms with Crippen LogP contribution in [0.3, 0.4) is 0 Å². The smallest absolute Gasteiger partial charge is 0.0593 e. The lowest BCUT2D eigenvalue weighted by Gasteiger charge is -2.20. The largest absolute Gasteiger partial charge is 0.380 e. The molecule has 0 aliphatic carbocycles. The van der Waals surface area contributed by atoms with Gasteiger partial charge in [-0.15, -0.1) is 6.58 Å². The molecule has 0 fully saturated rings. The number of ether oxygens (including phenoxy) is 1. The van der Waals surface area contributed by atoms with E-state index < -0.39 is 0 Å². The zero-order valence-electron chi connectivity index (χ0n) is 10.7. The van der Waals surface area contributed by atoms with Gasteiger partial charge < -0.3 is 9.64 Å². The van der Waals surface area contributed by atoms with Crippen molar-refractivity contribution < 1.29 is 4.74 Å². The first-order valence-corrected chi connectivity index (χ1v) is 6.15. The van der Waals surface area contributed by atoms with Crippen LogP contribution in [0.4, 0.5) is 0 Å². The Labute approximate surface area is 95.3 Å². The number of nitrogens with zero attached hydrogens (tertiary/aromatic N) is 1. The Morgan fingerprint density at radius 3 is 2.13 bits per heavy atom. The molecule has 0 saturated heterocycles. The van der Waals surface area contributed by atoms with Crippen molar-refractivity contribution in [3.63, 3.8) is 0 Å².